The molecule has 1 aromatic rings. The number of carbonyl (C=O) groups is 1. The van der Waals surface area contributed by atoms with E-state index in [9.17, 15) is 9.90 Å². The fraction of sp³-hybridized carbons (Fsp3) is 0.286. The summed E-state index contributed by atoms with van der Waals surface area (Å²) in [4.78, 5) is 14.3. The summed E-state index contributed by atoms with van der Waals surface area (Å²) in [6, 6.07) is 3.46. The zero-order chi connectivity index (χ0) is 13.7. The van der Waals surface area contributed by atoms with Crippen LogP contribution in [0.2, 0.25) is 0 Å². The van der Waals surface area contributed by atoms with E-state index in [1.54, 1.807) is 32.9 Å². The highest BCUT2D eigenvalue weighted by Gasteiger charge is 2.06. The van der Waals surface area contributed by atoms with E-state index in [-0.39, 0.29) is 18.1 Å². The number of carbonyl (C=O) groups excluding carboxylic acids is 1. The SMILES string of the molecule is [C-]#[N+]C(=Cc1cc(C)c(O)c(C)c1)OC(=O)CC. The smallest absolute Gasteiger partial charge is 0.348 e. The first-order chi connectivity index (χ1) is 8.47. The molecule has 0 aliphatic carbocycles. The van der Waals surface area contributed by atoms with E-state index in [1.807, 2.05) is 0 Å². The molecule has 0 aromatic heterocycles. The molecular weight excluding hydrogens is 230 g/mol. The van der Waals surface area contributed by atoms with Gasteiger partial charge in [0, 0.05) is 6.42 Å². The first-order valence-corrected chi connectivity index (χ1v) is 5.58. The van der Waals surface area contributed by atoms with Gasteiger partial charge in [-0.05, 0) is 48.7 Å². The van der Waals surface area contributed by atoms with Crippen LogP contribution in [0.25, 0.3) is 10.9 Å². The lowest BCUT2D eigenvalue weighted by Gasteiger charge is -2.06. The molecule has 0 amide bonds. The van der Waals surface area contributed by atoms with Crippen LogP contribution in [0.4, 0.5) is 0 Å². The largest absolute Gasteiger partial charge is 0.507 e. The number of aryl methyl sites for hydroxylation is 2. The molecule has 0 atom stereocenters. The molecule has 0 unspecified atom stereocenters. The van der Waals surface area contributed by atoms with Gasteiger partial charge >= 0.3 is 5.88 Å². The average molecular weight is 245 g/mol. The third-order valence-corrected chi connectivity index (χ3v) is 2.42. The van der Waals surface area contributed by atoms with Crippen LogP contribution in [0.15, 0.2) is 18.0 Å². The Morgan fingerprint density at radius 2 is 2.00 bits per heavy atom. The van der Waals surface area contributed by atoms with Gasteiger partial charge in [0.2, 0.25) is 0 Å². The second-order valence-electron chi connectivity index (χ2n) is 3.93. The standard InChI is InChI=1S/C14H15NO3/c1-5-13(16)18-12(15-4)8-11-6-9(2)14(17)10(3)7-11/h6-8,17H,5H2,1-3H3. The van der Waals surface area contributed by atoms with Crippen molar-refractivity contribution in [2.24, 2.45) is 0 Å². The quantitative estimate of drug-likeness (QED) is 0.505. The summed E-state index contributed by atoms with van der Waals surface area (Å²) in [6.45, 7) is 12.2. The van der Waals surface area contributed by atoms with Crippen LogP contribution in [-0.4, -0.2) is 11.1 Å². The Kier molecular flexibility index (Phi) is 4.50. The number of esters is 1. The molecule has 0 saturated carbocycles. The minimum absolute atomic E-state index is 0.0636. The molecule has 0 fully saturated rings. The van der Waals surface area contributed by atoms with Crippen LogP contribution in [0.3, 0.4) is 0 Å². The molecule has 0 saturated heterocycles. The van der Waals surface area contributed by atoms with Crippen molar-refractivity contribution >= 4 is 12.0 Å². The zero-order valence-corrected chi connectivity index (χ0v) is 10.7. The molecular formula is C14H15NO3. The number of benzene rings is 1. The molecule has 94 valence electrons. The molecule has 0 radical (unpaired) electrons. The molecule has 4 heteroatoms. The average Bonchev–Trinajstić information content (AvgIpc) is 2.34. The van der Waals surface area contributed by atoms with Crippen molar-refractivity contribution in [2.75, 3.05) is 0 Å². The molecule has 1 N–H and O–H groups in total. The summed E-state index contributed by atoms with van der Waals surface area (Å²) in [5, 5.41) is 9.64. The molecule has 0 spiro atoms. The maximum Gasteiger partial charge on any atom is 0.348 e. The number of rotatable bonds is 3. The van der Waals surface area contributed by atoms with Gasteiger partial charge in [-0.1, -0.05) is 6.92 Å². The van der Waals surface area contributed by atoms with Gasteiger partial charge in [-0.25, -0.2) is 0 Å². The van der Waals surface area contributed by atoms with Gasteiger partial charge in [-0.15, -0.1) is 0 Å². The van der Waals surface area contributed by atoms with Crippen LogP contribution < -0.4 is 0 Å². The highest BCUT2D eigenvalue weighted by atomic mass is 16.5. The second-order valence-corrected chi connectivity index (χ2v) is 3.93. The van der Waals surface area contributed by atoms with E-state index in [1.165, 1.54) is 6.08 Å². The minimum atomic E-state index is -0.440. The summed E-state index contributed by atoms with van der Waals surface area (Å²) in [6.07, 6.45) is 1.71. The molecule has 4 nitrogen and oxygen atoms in total. The Morgan fingerprint density at radius 3 is 2.44 bits per heavy atom. The minimum Gasteiger partial charge on any atom is -0.507 e. The first kappa shape index (κ1) is 13.8. The van der Waals surface area contributed by atoms with Crippen molar-refractivity contribution in [2.45, 2.75) is 27.2 Å². The van der Waals surface area contributed by atoms with E-state index < -0.39 is 5.97 Å². The maximum atomic E-state index is 11.1. The Labute approximate surface area is 106 Å². The Bertz CT molecular complexity index is 515. The third kappa shape index (κ3) is 3.36. The number of nitrogens with zero attached hydrogens (tertiary/aromatic N) is 1. The molecule has 0 aliphatic heterocycles. The zero-order valence-electron chi connectivity index (χ0n) is 10.7. The lowest BCUT2D eigenvalue weighted by molar-refractivity contribution is -0.138. The van der Waals surface area contributed by atoms with Gasteiger partial charge < -0.3 is 9.84 Å². The number of phenols is 1. The predicted molar refractivity (Wildman–Crippen MR) is 68.5 cm³/mol. The summed E-state index contributed by atoms with van der Waals surface area (Å²) in [7, 11) is 0. The first-order valence-electron chi connectivity index (χ1n) is 5.58. The second kappa shape index (κ2) is 5.87. The number of ether oxygens (including phenoxy) is 1. The molecule has 18 heavy (non-hydrogen) atoms. The summed E-state index contributed by atoms with van der Waals surface area (Å²) in [5.41, 5.74) is 2.15. The van der Waals surface area contributed by atoms with E-state index in [0.717, 1.165) is 5.56 Å². The van der Waals surface area contributed by atoms with Crippen molar-refractivity contribution in [3.8, 4) is 5.75 Å². The highest BCUT2D eigenvalue weighted by molar-refractivity contribution is 5.72. The number of aromatic hydroxyl groups is 1. The molecule has 0 heterocycles. The number of phenolic OH excluding ortho intramolecular Hbond substituents is 1. The van der Waals surface area contributed by atoms with Crippen molar-refractivity contribution in [1.29, 1.82) is 0 Å². The predicted octanol–water partition coefficient (Wildman–Crippen LogP) is 3.18. The van der Waals surface area contributed by atoms with Gasteiger partial charge in [0.1, 0.15) is 5.75 Å². The van der Waals surface area contributed by atoms with E-state index in [0.29, 0.717) is 11.1 Å². The third-order valence-electron chi connectivity index (χ3n) is 2.42. The van der Waals surface area contributed by atoms with Crippen molar-refractivity contribution in [1.82, 2.24) is 0 Å². The summed E-state index contributed by atoms with van der Waals surface area (Å²) >= 11 is 0. The topological polar surface area (TPSA) is 50.9 Å². The molecule has 1 rings (SSSR count). The van der Waals surface area contributed by atoms with Crippen LogP contribution in [0.1, 0.15) is 30.0 Å². The van der Waals surface area contributed by atoms with Crippen LogP contribution in [0.5, 0.6) is 5.75 Å². The normalized spacial score (nSPS) is 10.9. The molecule has 1 aromatic carbocycles. The van der Waals surface area contributed by atoms with E-state index in [4.69, 9.17) is 11.3 Å². The van der Waals surface area contributed by atoms with Crippen molar-refractivity contribution in [3.63, 3.8) is 0 Å². The van der Waals surface area contributed by atoms with Gasteiger partial charge in [-0.3, -0.25) is 4.79 Å². The summed E-state index contributed by atoms with van der Waals surface area (Å²) in [5.74, 6) is -0.266. The fourth-order valence-corrected chi connectivity index (χ4v) is 1.49. The van der Waals surface area contributed by atoms with Gasteiger partial charge in [0.15, 0.2) is 0 Å². The van der Waals surface area contributed by atoms with Crippen LogP contribution in [0, 0.1) is 20.4 Å². The molecule has 0 aliphatic rings. The maximum absolute atomic E-state index is 11.1. The van der Waals surface area contributed by atoms with Gasteiger partial charge in [-0.2, -0.15) is 4.85 Å². The number of hydrogen-bond donors (Lipinski definition) is 1. The Balaban J connectivity index is 3.07. The van der Waals surface area contributed by atoms with E-state index >= 15 is 0 Å². The Hall–Kier alpha value is -2.28. The van der Waals surface area contributed by atoms with Crippen molar-refractivity contribution in [3.05, 3.63) is 46.1 Å². The van der Waals surface area contributed by atoms with Crippen LogP contribution >= 0.6 is 0 Å². The lowest BCUT2D eigenvalue weighted by atomic mass is 10.1. The fourth-order valence-electron chi connectivity index (χ4n) is 1.49. The summed E-state index contributed by atoms with van der Waals surface area (Å²) < 4.78 is 4.87. The monoisotopic (exact) mass is 245 g/mol. The number of hydrogen-bond acceptors (Lipinski definition) is 3. The van der Waals surface area contributed by atoms with Gasteiger partial charge in [0.25, 0.3) is 5.97 Å². The van der Waals surface area contributed by atoms with Gasteiger partial charge in [0.05, 0.1) is 6.57 Å². The molecule has 0 bridgehead atoms. The van der Waals surface area contributed by atoms with E-state index in [2.05, 4.69) is 4.85 Å². The van der Waals surface area contributed by atoms with Crippen molar-refractivity contribution < 1.29 is 14.6 Å². The lowest BCUT2D eigenvalue weighted by Crippen LogP contribution is -2.00. The highest BCUT2D eigenvalue weighted by Crippen LogP contribution is 2.24. The Morgan fingerprint density at radius 1 is 1.44 bits per heavy atom. The van der Waals surface area contributed by atoms with Crippen LogP contribution in [-0.2, 0) is 9.53 Å².